The summed E-state index contributed by atoms with van der Waals surface area (Å²) in [5.41, 5.74) is 13.9. The first-order chi connectivity index (χ1) is 16.8. The van der Waals surface area contributed by atoms with Gasteiger partial charge in [0, 0.05) is 42.2 Å². The van der Waals surface area contributed by atoms with Crippen molar-refractivity contribution in [3.63, 3.8) is 0 Å². The number of nitrogens with zero attached hydrogens (tertiary/aromatic N) is 1. The molecular formula is C30H33F2N3. The summed E-state index contributed by atoms with van der Waals surface area (Å²) in [6, 6.07) is 20.1. The molecule has 3 aromatic carbocycles. The summed E-state index contributed by atoms with van der Waals surface area (Å²) < 4.78 is 27.7. The first-order valence-electron chi connectivity index (χ1n) is 12.2. The summed E-state index contributed by atoms with van der Waals surface area (Å²) in [7, 11) is 0. The summed E-state index contributed by atoms with van der Waals surface area (Å²) in [4.78, 5) is 4.90. The Hall–Kier alpha value is -3.15. The summed E-state index contributed by atoms with van der Waals surface area (Å²) in [5.74, 6) is -1.26. The van der Waals surface area contributed by atoms with Crippen LogP contribution in [0.4, 0.5) is 8.78 Å². The molecule has 0 saturated carbocycles. The number of nitrogens with one attached hydrogen (secondary N) is 1. The zero-order valence-electron chi connectivity index (χ0n) is 20.6. The zero-order valence-corrected chi connectivity index (χ0v) is 20.6. The normalized spacial score (nSPS) is 13.2. The number of rotatable bonds is 9. The summed E-state index contributed by atoms with van der Waals surface area (Å²) >= 11 is 0. The van der Waals surface area contributed by atoms with Crippen molar-refractivity contribution < 1.29 is 8.78 Å². The second kappa shape index (κ2) is 11.1. The van der Waals surface area contributed by atoms with E-state index in [1.165, 1.54) is 23.3 Å². The van der Waals surface area contributed by atoms with Crippen LogP contribution in [-0.4, -0.2) is 17.6 Å². The van der Waals surface area contributed by atoms with Gasteiger partial charge in [0.15, 0.2) is 0 Å². The van der Waals surface area contributed by atoms with E-state index >= 15 is 0 Å². The average Bonchev–Trinajstić information content (AvgIpc) is 2.82. The van der Waals surface area contributed by atoms with Crippen LogP contribution in [0.5, 0.6) is 0 Å². The molecule has 2 atom stereocenters. The lowest BCUT2D eigenvalue weighted by Gasteiger charge is -2.27. The number of aromatic nitrogens is 1. The molecule has 0 aliphatic rings. The van der Waals surface area contributed by atoms with Crippen LogP contribution in [0.3, 0.4) is 0 Å². The Bertz CT molecular complexity index is 1300. The fraction of sp³-hybridized carbons (Fsp3) is 0.300. The topological polar surface area (TPSA) is 50.9 Å². The van der Waals surface area contributed by atoms with Crippen molar-refractivity contribution in [3.05, 3.63) is 112 Å². The van der Waals surface area contributed by atoms with Gasteiger partial charge in [0.05, 0.1) is 5.52 Å². The van der Waals surface area contributed by atoms with E-state index in [0.717, 1.165) is 40.2 Å². The molecule has 35 heavy (non-hydrogen) atoms. The molecule has 0 amide bonds. The summed E-state index contributed by atoms with van der Waals surface area (Å²) in [5, 5.41) is 4.64. The van der Waals surface area contributed by atoms with E-state index in [4.69, 9.17) is 10.7 Å². The van der Waals surface area contributed by atoms with Gasteiger partial charge >= 0.3 is 0 Å². The summed E-state index contributed by atoms with van der Waals surface area (Å²) in [6.45, 7) is 7.55. The predicted molar refractivity (Wildman–Crippen MR) is 140 cm³/mol. The molecule has 3 nitrogen and oxygen atoms in total. The van der Waals surface area contributed by atoms with E-state index in [1.54, 1.807) is 0 Å². The van der Waals surface area contributed by atoms with Crippen molar-refractivity contribution >= 4 is 10.9 Å². The molecule has 4 aromatic rings. The number of hydrogen-bond donors (Lipinski definition) is 2. The molecule has 4 rings (SSSR count). The van der Waals surface area contributed by atoms with Gasteiger partial charge in [0.2, 0.25) is 0 Å². The van der Waals surface area contributed by atoms with Crippen LogP contribution in [-0.2, 0) is 19.4 Å². The van der Waals surface area contributed by atoms with Gasteiger partial charge in [-0.2, -0.15) is 0 Å². The van der Waals surface area contributed by atoms with Gasteiger partial charge < -0.3 is 11.1 Å². The van der Waals surface area contributed by atoms with Crippen molar-refractivity contribution in [2.45, 2.75) is 52.1 Å². The quantitative estimate of drug-likeness (QED) is 0.307. The molecule has 1 aromatic heterocycles. The lowest BCUT2D eigenvalue weighted by Crippen LogP contribution is -2.37. The lowest BCUT2D eigenvalue weighted by molar-refractivity contribution is 0.482. The standard InChI is InChI=1S/C30H33F2N3/c1-4-21-8-6-9-22(11-21)17-34-18-28(29(33)14-23-12-25(31)16-26(32)13-23)27-15-24-10-5-7-19(2)30(24)35-20(27)3/h5-13,15-16,28-29,34H,4,14,17-18,33H2,1-3H3. The van der Waals surface area contributed by atoms with Crippen LogP contribution >= 0.6 is 0 Å². The van der Waals surface area contributed by atoms with Crippen LogP contribution in [0, 0.1) is 25.5 Å². The van der Waals surface area contributed by atoms with E-state index in [2.05, 4.69) is 61.6 Å². The third-order valence-electron chi connectivity index (χ3n) is 6.68. The maximum atomic E-state index is 13.8. The molecule has 0 spiro atoms. The monoisotopic (exact) mass is 473 g/mol. The van der Waals surface area contributed by atoms with E-state index in [-0.39, 0.29) is 12.0 Å². The third kappa shape index (κ3) is 6.11. The molecule has 0 aliphatic carbocycles. The van der Waals surface area contributed by atoms with Crippen LogP contribution in [0.15, 0.2) is 66.7 Å². The number of hydrogen-bond acceptors (Lipinski definition) is 3. The molecular weight excluding hydrogens is 440 g/mol. The fourth-order valence-electron chi connectivity index (χ4n) is 4.80. The minimum absolute atomic E-state index is 0.0897. The molecule has 2 unspecified atom stereocenters. The number of pyridine rings is 1. The molecule has 0 bridgehead atoms. The van der Waals surface area contributed by atoms with Crippen molar-refractivity contribution in [2.75, 3.05) is 6.54 Å². The Morgan fingerprint density at radius 1 is 0.886 bits per heavy atom. The zero-order chi connectivity index (χ0) is 24.9. The van der Waals surface area contributed by atoms with E-state index < -0.39 is 11.6 Å². The average molecular weight is 474 g/mol. The highest BCUT2D eigenvalue weighted by molar-refractivity contribution is 5.82. The highest BCUT2D eigenvalue weighted by Gasteiger charge is 2.23. The van der Waals surface area contributed by atoms with Gasteiger partial charge in [-0.25, -0.2) is 8.78 Å². The largest absolute Gasteiger partial charge is 0.327 e. The number of fused-ring (bicyclic) bond motifs is 1. The van der Waals surface area contributed by atoms with Gasteiger partial charge in [0.25, 0.3) is 0 Å². The van der Waals surface area contributed by atoms with Gasteiger partial charge in [0.1, 0.15) is 11.6 Å². The third-order valence-corrected chi connectivity index (χ3v) is 6.68. The molecule has 0 aliphatic heterocycles. The Morgan fingerprint density at radius 3 is 2.34 bits per heavy atom. The highest BCUT2D eigenvalue weighted by atomic mass is 19.1. The predicted octanol–water partition coefficient (Wildman–Crippen LogP) is 6.14. The lowest BCUT2D eigenvalue weighted by atomic mass is 9.86. The number of para-hydroxylation sites is 1. The molecule has 0 radical (unpaired) electrons. The van der Waals surface area contributed by atoms with Crippen molar-refractivity contribution in [1.82, 2.24) is 10.3 Å². The van der Waals surface area contributed by atoms with Gasteiger partial charge in [-0.05, 0) is 72.7 Å². The Kier molecular flexibility index (Phi) is 7.89. The second-order valence-electron chi connectivity index (χ2n) is 9.37. The van der Waals surface area contributed by atoms with Gasteiger partial charge in [-0.15, -0.1) is 0 Å². The van der Waals surface area contributed by atoms with Crippen LogP contribution in [0.1, 0.15) is 46.4 Å². The molecule has 182 valence electrons. The molecule has 0 saturated heterocycles. The van der Waals surface area contributed by atoms with Crippen LogP contribution < -0.4 is 11.1 Å². The van der Waals surface area contributed by atoms with Gasteiger partial charge in [-0.3, -0.25) is 4.98 Å². The minimum atomic E-state index is -0.586. The van der Waals surface area contributed by atoms with Crippen molar-refractivity contribution in [2.24, 2.45) is 5.73 Å². The van der Waals surface area contributed by atoms with Crippen LogP contribution in [0.25, 0.3) is 10.9 Å². The highest BCUT2D eigenvalue weighted by Crippen LogP contribution is 2.28. The van der Waals surface area contributed by atoms with E-state index in [9.17, 15) is 8.78 Å². The minimum Gasteiger partial charge on any atom is -0.327 e. The van der Waals surface area contributed by atoms with Gasteiger partial charge in [-0.1, -0.05) is 49.4 Å². The summed E-state index contributed by atoms with van der Waals surface area (Å²) in [6.07, 6.45) is 1.35. The maximum Gasteiger partial charge on any atom is 0.126 e. The SMILES string of the molecule is CCc1cccc(CNCC(c2cc3cccc(C)c3nc2C)C(N)Cc2cc(F)cc(F)c2)c1. The first kappa shape index (κ1) is 25.0. The smallest absolute Gasteiger partial charge is 0.126 e. The Balaban J connectivity index is 1.63. The Morgan fingerprint density at radius 2 is 1.60 bits per heavy atom. The number of halogens is 2. The maximum absolute atomic E-state index is 13.8. The van der Waals surface area contributed by atoms with Crippen LogP contribution in [0.2, 0.25) is 0 Å². The number of aryl methyl sites for hydroxylation is 3. The molecule has 3 N–H and O–H groups in total. The molecule has 1 heterocycles. The van der Waals surface area contributed by atoms with E-state index in [0.29, 0.717) is 25.1 Å². The Labute approximate surface area is 206 Å². The molecule has 5 heteroatoms. The first-order valence-corrected chi connectivity index (χ1v) is 12.2. The number of nitrogens with two attached hydrogens (primary N) is 1. The van der Waals surface area contributed by atoms with Crippen molar-refractivity contribution in [3.8, 4) is 0 Å². The molecule has 0 fully saturated rings. The van der Waals surface area contributed by atoms with Crippen molar-refractivity contribution in [1.29, 1.82) is 0 Å². The second-order valence-corrected chi connectivity index (χ2v) is 9.37. The fourth-order valence-corrected chi connectivity index (χ4v) is 4.80. The number of benzene rings is 3. The van der Waals surface area contributed by atoms with E-state index in [1.807, 2.05) is 13.0 Å².